The van der Waals surface area contributed by atoms with Gasteiger partial charge in [0.2, 0.25) is 0 Å². The summed E-state index contributed by atoms with van der Waals surface area (Å²) < 4.78 is 0. The van der Waals surface area contributed by atoms with Crippen LogP contribution in [0.1, 0.15) is 22.5 Å². The summed E-state index contributed by atoms with van der Waals surface area (Å²) >= 11 is 0. The molecule has 4 heteroatoms. The van der Waals surface area contributed by atoms with Gasteiger partial charge in [0, 0.05) is 25.3 Å². The molecule has 1 aromatic heterocycles. The summed E-state index contributed by atoms with van der Waals surface area (Å²) in [5.74, 6) is 2.47. The van der Waals surface area contributed by atoms with Crippen LogP contribution >= 0.6 is 0 Å². The van der Waals surface area contributed by atoms with Crippen LogP contribution in [0.25, 0.3) is 0 Å². The van der Waals surface area contributed by atoms with Crippen LogP contribution in [0, 0.1) is 20.8 Å². The number of aryl methyl sites for hydroxylation is 3. The molecule has 0 saturated heterocycles. The molecule has 0 aliphatic heterocycles. The van der Waals surface area contributed by atoms with E-state index in [1.807, 2.05) is 19.1 Å². The van der Waals surface area contributed by atoms with E-state index in [9.17, 15) is 0 Å². The fourth-order valence-electron chi connectivity index (χ4n) is 2.72. The summed E-state index contributed by atoms with van der Waals surface area (Å²) in [5, 5.41) is 3.39. The normalized spacial score (nSPS) is 10.6. The van der Waals surface area contributed by atoms with Gasteiger partial charge in [0.15, 0.2) is 0 Å². The fraction of sp³-hybridized carbons (Fsp3) is 0.238. The second kappa shape index (κ2) is 7.34. The third-order valence-electron chi connectivity index (χ3n) is 4.26. The molecule has 0 unspecified atom stereocenters. The first-order chi connectivity index (χ1) is 12.0. The average Bonchev–Trinajstić information content (AvgIpc) is 2.58. The van der Waals surface area contributed by atoms with E-state index in [-0.39, 0.29) is 0 Å². The maximum Gasteiger partial charge on any atom is 0.136 e. The summed E-state index contributed by atoms with van der Waals surface area (Å²) in [6.45, 7) is 6.96. The van der Waals surface area contributed by atoms with E-state index >= 15 is 0 Å². The van der Waals surface area contributed by atoms with E-state index in [1.165, 1.54) is 16.7 Å². The summed E-state index contributed by atoms with van der Waals surface area (Å²) in [6, 6.07) is 18.7. The fourth-order valence-corrected chi connectivity index (χ4v) is 2.72. The summed E-state index contributed by atoms with van der Waals surface area (Å²) in [7, 11) is 2.05. The Kier molecular flexibility index (Phi) is 4.98. The molecule has 0 bridgehead atoms. The summed E-state index contributed by atoms with van der Waals surface area (Å²) in [4.78, 5) is 11.2. The number of hydrogen-bond donors (Lipinski definition) is 1. The van der Waals surface area contributed by atoms with Crippen LogP contribution in [0.4, 0.5) is 17.3 Å². The number of anilines is 3. The third-order valence-corrected chi connectivity index (χ3v) is 4.26. The first-order valence-electron chi connectivity index (χ1n) is 8.46. The summed E-state index contributed by atoms with van der Waals surface area (Å²) in [6.07, 6.45) is 0. The van der Waals surface area contributed by atoms with E-state index in [0.717, 1.165) is 29.7 Å². The Morgan fingerprint density at radius 2 is 1.64 bits per heavy atom. The molecule has 4 nitrogen and oxygen atoms in total. The number of aromatic nitrogens is 2. The van der Waals surface area contributed by atoms with Crippen LogP contribution in [0.2, 0.25) is 0 Å². The molecule has 3 aromatic rings. The molecule has 1 heterocycles. The lowest BCUT2D eigenvalue weighted by atomic mass is 10.1. The van der Waals surface area contributed by atoms with Crippen molar-refractivity contribution in [2.75, 3.05) is 17.3 Å². The van der Waals surface area contributed by atoms with Crippen molar-refractivity contribution in [2.24, 2.45) is 0 Å². The van der Waals surface area contributed by atoms with Gasteiger partial charge < -0.3 is 10.2 Å². The Labute approximate surface area is 149 Å². The highest BCUT2D eigenvalue weighted by atomic mass is 15.2. The number of benzene rings is 2. The van der Waals surface area contributed by atoms with Crippen LogP contribution in [0.15, 0.2) is 54.6 Å². The first kappa shape index (κ1) is 17.0. The van der Waals surface area contributed by atoms with Gasteiger partial charge in [-0.15, -0.1) is 0 Å². The molecule has 2 aromatic carbocycles. The van der Waals surface area contributed by atoms with Crippen molar-refractivity contribution in [1.29, 1.82) is 0 Å². The van der Waals surface area contributed by atoms with Gasteiger partial charge in [-0.3, -0.25) is 0 Å². The molecule has 0 fully saturated rings. The molecule has 0 radical (unpaired) electrons. The Morgan fingerprint density at radius 3 is 2.36 bits per heavy atom. The van der Waals surface area contributed by atoms with Gasteiger partial charge >= 0.3 is 0 Å². The molecule has 3 rings (SSSR count). The number of nitrogens with zero attached hydrogens (tertiary/aromatic N) is 3. The minimum atomic E-state index is 0.753. The monoisotopic (exact) mass is 332 g/mol. The van der Waals surface area contributed by atoms with Crippen LogP contribution in [-0.4, -0.2) is 17.0 Å². The minimum Gasteiger partial charge on any atom is -0.355 e. The second-order valence-electron chi connectivity index (χ2n) is 6.42. The van der Waals surface area contributed by atoms with Gasteiger partial charge in [0.25, 0.3) is 0 Å². The maximum absolute atomic E-state index is 4.58. The van der Waals surface area contributed by atoms with Crippen molar-refractivity contribution in [3.63, 3.8) is 0 Å². The van der Waals surface area contributed by atoms with Crippen molar-refractivity contribution in [1.82, 2.24) is 9.97 Å². The van der Waals surface area contributed by atoms with E-state index in [2.05, 4.69) is 83.5 Å². The Balaban J connectivity index is 1.81. The van der Waals surface area contributed by atoms with Crippen molar-refractivity contribution >= 4 is 17.3 Å². The third kappa shape index (κ3) is 4.35. The predicted molar refractivity (Wildman–Crippen MR) is 105 cm³/mol. The molecule has 25 heavy (non-hydrogen) atoms. The van der Waals surface area contributed by atoms with E-state index in [0.29, 0.717) is 0 Å². The molecule has 0 spiro atoms. The van der Waals surface area contributed by atoms with E-state index in [4.69, 9.17) is 0 Å². The number of hydrogen-bond acceptors (Lipinski definition) is 4. The van der Waals surface area contributed by atoms with Crippen molar-refractivity contribution < 1.29 is 0 Å². The SMILES string of the molecule is Cc1nc(Nc2ccc(C)c(C)c2)cc(N(C)Cc2ccccc2)n1. The van der Waals surface area contributed by atoms with Crippen LogP contribution in [-0.2, 0) is 6.54 Å². The highest BCUT2D eigenvalue weighted by molar-refractivity contribution is 5.61. The summed E-state index contributed by atoms with van der Waals surface area (Å²) in [5.41, 5.74) is 4.84. The second-order valence-corrected chi connectivity index (χ2v) is 6.42. The molecule has 0 atom stereocenters. The molecular formula is C21H24N4. The Bertz CT molecular complexity index is 859. The molecule has 0 amide bonds. The van der Waals surface area contributed by atoms with Gasteiger partial charge in [0.1, 0.15) is 17.5 Å². The highest BCUT2D eigenvalue weighted by Gasteiger charge is 2.08. The van der Waals surface area contributed by atoms with Crippen molar-refractivity contribution in [3.8, 4) is 0 Å². The number of nitrogens with one attached hydrogen (secondary N) is 1. The van der Waals surface area contributed by atoms with Crippen molar-refractivity contribution in [2.45, 2.75) is 27.3 Å². The largest absolute Gasteiger partial charge is 0.355 e. The van der Waals surface area contributed by atoms with E-state index < -0.39 is 0 Å². The lowest BCUT2D eigenvalue weighted by Gasteiger charge is -2.19. The lowest BCUT2D eigenvalue weighted by Crippen LogP contribution is -2.18. The van der Waals surface area contributed by atoms with Gasteiger partial charge in [0.05, 0.1) is 0 Å². The molecule has 0 aliphatic carbocycles. The average molecular weight is 332 g/mol. The van der Waals surface area contributed by atoms with Gasteiger partial charge in [-0.25, -0.2) is 9.97 Å². The topological polar surface area (TPSA) is 41.1 Å². The highest BCUT2D eigenvalue weighted by Crippen LogP contribution is 2.22. The van der Waals surface area contributed by atoms with Gasteiger partial charge in [-0.05, 0) is 49.6 Å². The molecule has 0 saturated carbocycles. The Hall–Kier alpha value is -2.88. The molecular weight excluding hydrogens is 308 g/mol. The zero-order chi connectivity index (χ0) is 17.8. The van der Waals surface area contributed by atoms with Gasteiger partial charge in [-0.2, -0.15) is 0 Å². The molecule has 1 N–H and O–H groups in total. The lowest BCUT2D eigenvalue weighted by molar-refractivity contribution is 0.880. The van der Waals surface area contributed by atoms with Crippen LogP contribution in [0.5, 0.6) is 0 Å². The quantitative estimate of drug-likeness (QED) is 0.730. The maximum atomic E-state index is 4.58. The first-order valence-corrected chi connectivity index (χ1v) is 8.46. The van der Waals surface area contributed by atoms with Crippen LogP contribution < -0.4 is 10.2 Å². The molecule has 128 valence electrons. The van der Waals surface area contributed by atoms with E-state index in [1.54, 1.807) is 0 Å². The number of rotatable bonds is 5. The van der Waals surface area contributed by atoms with Crippen molar-refractivity contribution in [3.05, 3.63) is 77.1 Å². The standard InChI is InChI=1S/C21H24N4/c1-15-10-11-19(12-16(15)2)24-20-13-21(23-17(3)22-20)25(4)14-18-8-6-5-7-9-18/h5-13H,14H2,1-4H3,(H,22,23,24). The Morgan fingerprint density at radius 1 is 0.880 bits per heavy atom. The zero-order valence-corrected chi connectivity index (χ0v) is 15.2. The van der Waals surface area contributed by atoms with Crippen LogP contribution in [0.3, 0.4) is 0 Å². The smallest absolute Gasteiger partial charge is 0.136 e. The minimum absolute atomic E-state index is 0.753. The zero-order valence-electron chi connectivity index (χ0n) is 15.2. The predicted octanol–water partition coefficient (Wildman–Crippen LogP) is 4.78. The molecule has 0 aliphatic rings. The van der Waals surface area contributed by atoms with Gasteiger partial charge in [-0.1, -0.05) is 36.4 Å².